The number of hydrogen-bond donors (Lipinski definition) is 2. The summed E-state index contributed by atoms with van der Waals surface area (Å²) in [5.41, 5.74) is 7.83. The molecule has 0 fully saturated rings. The Morgan fingerprint density at radius 1 is 1.03 bits per heavy atom. The van der Waals surface area contributed by atoms with Gasteiger partial charge in [-0.2, -0.15) is 5.10 Å². The van der Waals surface area contributed by atoms with Gasteiger partial charge in [0.1, 0.15) is 5.69 Å². The van der Waals surface area contributed by atoms with E-state index in [1.807, 2.05) is 44.7 Å². The maximum absolute atomic E-state index is 5.25. The van der Waals surface area contributed by atoms with Crippen LogP contribution in [0.5, 0.6) is 0 Å². The predicted molar refractivity (Wildman–Crippen MR) is 125 cm³/mol. The zero-order chi connectivity index (χ0) is 22.4. The molecule has 6 aromatic heterocycles. The largest absolute Gasteiger partial charge is 0.472 e. The van der Waals surface area contributed by atoms with Gasteiger partial charge in [-0.05, 0) is 43.9 Å². The number of aromatic amines is 2. The maximum Gasteiger partial charge on any atom is 0.178 e. The van der Waals surface area contributed by atoms with Crippen LogP contribution in [0.25, 0.3) is 56.0 Å². The number of hydrogen-bond acceptors (Lipinski definition) is 7. The molecule has 0 aliphatic rings. The Morgan fingerprint density at radius 3 is 2.82 bits per heavy atom. The molecular weight excluding hydrogens is 416 g/mol. The fourth-order valence-electron chi connectivity index (χ4n) is 4.02. The predicted octanol–water partition coefficient (Wildman–Crippen LogP) is 4.28. The van der Waals surface area contributed by atoms with Gasteiger partial charge in [0.25, 0.3) is 0 Å². The Balaban J connectivity index is 1.45. The first-order valence-corrected chi connectivity index (χ1v) is 10.5. The first kappa shape index (κ1) is 19.3. The van der Waals surface area contributed by atoms with Gasteiger partial charge in [-0.3, -0.25) is 15.1 Å². The standard InChI is InChI=1S/C24H20N8O/c1-32(2)12-14-7-16(10-25-9-14)19-8-18-20(11-27-19)30-31-22(18)24-28-21-17(15-4-6-33-13-15)3-5-26-23(21)29-24/h3-11,13H,12H2,1-2H3,(H,30,31)(H,26,28,29). The number of H-pyrrole nitrogens is 2. The van der Waals surface area contributed by atoms with E-state index >= 15 is 0 Å². The van der Waals surface area contributed by atoms with Gasteiger partial charge in [-0.1, -0.05) is 0 Å². The second-order valence-corrected chi connectivity index (χ2v) is 8.16. The Bertz CT molecular complexity index is 1580. The first-order chi connectivity index (χ1) is 16.2. The molecule has 33 heavy (non-hydrogen) atoms. The number of nitrogens with zero attached hydrogens (tertiary/aromatic N) is 6. The Kier molecular flexibility index (Phi) is 4.48. The lowest BCUT2D eigenvalue weighted by atomic mass is 10.1. The molecule has 0 atom stereocenters. The summed E-state index contributed by atoms with van der Waals surface area (Å²) in [6.45, 7) is 0.811. The molecule has 0 spiro atoms. The minimum absolute atomic E-state index is 0.620. The molecule has 162 valence electrons. The molecule has 0 aliphatic carbocycles. The number of rotatable bonds is 5. The van der Waals surface area contributed by atoms with E-state index in [0.29, 0.717) is 17.2 Å². The zero-order valence-electron chi connectivity index (χ0n) is 18.1. The molecule has 9 nitrogen and oxygen atoms in total. The zero-order valence-corrected chi connectivity index (χ0v) is 18.1. The van der Waals surface area contributed by atoms with Crippen molar-refractivity contribution in [1.82, 2.24) is 40.0 Å². The maximum atomic E-state index is 5.25. The van der Waals surface area contributed by atoms with Crippen LogP contribution in [0.3, 0.4) is 0 Å². The molecule has 9 heteroatoms. The summed E-state index contributed by atoms with van der Waals surface area (Å²) < 4.78 is 5.25. The molecule has 0 saturated heterocycles. The van der Waals surface area contributed by atoms with Crippen molar-refractivity contribution in [3.63, 3.8) is 0 Å². The molecule has 0 radical (unpaired) electrons. The number of furan rings is 1. The van der Waals surface area contributed by atoms with E-state index in [9.17, 15) is 0 Å². The molecule has 6 heterocycles. The van der Waals surface area contributed by atoms with Gasteiger partial charge in [-0.25, -0.2) is 9.97 Å². The third-order valence-electron chi connectivity index (χ3n) is 5.49. The quantitative estimate of drug-likeness (QED) is 0.415. The van der Waals surface area contributed by atoms with E-state index in [1.54, 1.807) is 24.9 Å². The summed E-state index contributed by atoms with van der Waals surface area (Å²) in [5, 5.41) is 8.50. The number of imidazole rings is 1. The van der Waals surface area contributed by atoms with E-state index in [-0.39, 0.29) is 0 Å². The van der Waals surface area contributed by atoms with Gasteiger partial charge < -0.3 is 14.3 Å². The van der Waals surface area contributed by atoms with Crippen LogP contribution in [0.2, 0.25) is 0 Å². The summed E-state index contributed by atoms with van der Waals surface area (Å²) in [4.78, 5) is 23.7. The molecule has 0 unspecified atom stereocenters. The fraction of sp³-hybridized carbons (Fsp3) is 0.125. The molecule has 6 rings (SSSR count). The van der Waals surface area contributed by atoms with Gasteiger partial charge in [0.2, 0.25) is 0 Å². The second-order valence-electron chi connectivity index (χ2n) is 8.16. The molecule has 0 aromatic carbocycles. The average molecular weight is 436 g/mol. The molecule has 0 amide bonds. The summed E-state index contributed by atoms with van der Waals surface area (Å²) in [6.07, 6.45) is 10.6. The van der Waals surface area contributed by atoms with Crippen molar-refractivity contribution < 1.29 is 4.42 Å². The van der Waals surface area contributed by atoms with Crippen molar-refractivity contribution in [2.24, 2.45) is 0 Å². The minimum Gasteiger partial charge on any atom is -0.472 e. The van der Waals surface area contributed by atoms with Crippen molar-refractivity contribution in [3.8, 4) is 33.9 Å². The van der Waals surface area contributed by atoms with Gasteiger partial charge >= 0.3 is 0 Å². The van der Waals surface area contributed by atoms with Gasteiger partial charge in [0.15, 0.2) is 11.5 Å². The highest BCUT2D eigenvalue weighted by molar-refractivity contribution is 5.96. The lowest BCUT2D eigenvalue weighted by molar-refractivity contribution is 0.402. The normalized spacial score (nSPS) is 11.7. The summed E-state index contributed by atoms with van der Waals surface area (Å²) in [6, 6.07) is 7.98. The molecule has 2 N–H and O–H groups in total. The monoisotopic (exact) mass is 436 g/mol. The van der Waals surface area contributed by atoms with Crippen molar-refractivity contribution >= 4 is 22.1 Å². The highest BCUT2D eigenvalue weighted by atomic mass is 16.3. The van der Waals surface area contributed by atoms with Gasteiger partial charge in [0, 0.05) is 47.2 Å². The van der Waals surface area contributed by atoms with Crippen molar-refractivity contribution in [3.05, 3.63) is 67.1 Å². The number of nitrogens with one attached hydrogen (secondary N) is 2. The Hall–Kier alpha value is -4.37. The van der Waals surface area contributed by atoms with Crippen LogP contribution in [0.15, 0.2) is 66.0 Å². The average Bonchev–Trinajstić information content (AvgIpc) is 3.57. The van der Waals surface area contributed by atoms with E-state index in [0.717, 1.165) is 50.9 Å². The lowest BCUT2D eigenvalue weighted by Gasteiger charge is -2.10. The van der Waals surface area contributed by atoms with Crippen LogP contribution in [0.4, 0.5) is 0 Å². The van der Waals surface area contributed by atoms with Gasteiger partial charge in [-0.15, -0.1) is 0 Å². The Labute approximate surface area is 188 Å². The summed E-state index contributed by atoms with van der Waals surface area (Å²) in [5.74, 6) is 0.635. The fourth-order valence-corrected chi connectivity index (χ4v) is 4.02. The van der Waals surface area contributed by atoms with Crippen LogP contribution >= 0.6 is 0 Å². The first-order valence-electron chi connectivity index (χ1n) is 10.5. The van der Waals surface area contributed by atoms with E-state index in [4.69, 9.17) is 9.40 Å². The Morgan fingerprint density at radius 2 is 1.97 bits per heavy atom. The van der Waals surface area contributed by atoms with Crippen LogP contribution < -0.4 is 0 Å². The van der Waals surface area contributed by atoms with Gasteiger partial charge in [0.05, 0.1) is 35.5 Å². The number of fused-ring (bicyclic) bond motifs is 2. The third-order valence-corrected chi connectivity index (χ3v) is 5.49. The third kappa shape index (κ3) is 3.44. The highest BCUT2D eigenvalue weighted by Crippen LogP contribution is 2.32. The molecule has 0 bridgehead atoms. The van der Waals surface area contributed by atoms with E-state index in [2.05, 4.69) is 41.1 Å². The van der Waals surface area contributed by atoms with E-state index < -0.39 is 0 Å². The molecular formula is C24H20N8O. The number of pyridine rings is 3. The highest BCUT2D eigenvalue weighted by Gasteiger charge is 2.17. The minimum atomic E-state index is 0.620. The van der Waals surface area contributed by atoms with Crippen LogP contribution in [0.1, 0.15) is 5.56 Å². The topological polar surface area (TPSA) is 112 Å². The van der Waals surface area contributed by atoms with E-state index in [1.165, 1.54) is 0 Å². The van der Waals surface area contributed by atoms with Crippen molar-refractivity contribution in [2.45, 2.75) is 6.54 Å². The van der Waals surface area contributed by atoms with Crippen molar-refractivity contribution in [1.29, 1.82) is 0 Å². The van der Waals surface area contributed by atoms with Crippen LogP contribution in [0, 0.1) is 0 Å². The molecule has 0 aliphatic heterocycles. The van der Waals surface area contributed by atoms with Crippen molar-refractivity contribution in [2.75, 3.05) is 14.1 Å². The van der Waals surface area contributed by atoms with Crippen LogP contribution in [-0.4, -0.2) is 54.1 Å². The van der Waals surface area contributed by atoms with Crippen LogP contribution in [-0.2, 0) is 6.54 Å². The lowest BCUT2D eigenvalue weighted by Crippen LogP contribution is -2.10. The SMILES string of the molecule is CN(C)Cc1cncc(-c2cc3c(-c4nc5nccc(-c6ccoc6)c5[nH]4)n[nH]c3cn2)c1. The number of aromatic nitrogens is 7. The summed E-state index contributed by atoms with van der Waals surface area (Å²) in [7, 11) is 4.07. The molecule has 6 aromatic rings. The second kappa shape index (κ2) is 7.64. The smallest absolute Gasteiger partial charge is 0.178 e. The molecule has 0 saturated carbocycles. The summed E-state index contributed by atoms with van der Waals surface area (Å²) >= 11 is 0.